The van der Waals surface area contributed by atoms with Crippen molar-refractivity contribution in [2.45, 2.75) is 13.8 Å². The van der Waals surface area contributed by atoms with E-state index in [0.29, 0.717) is 29.1 Å². The molecular weight excluding hydrogens is 370 g/mol. The number of amides is 2. The van der Waals surface area contributed by atoms with Gasteiger partial charge in [0.1, 0.15) is 6.54 Å². The Balaban J connectivity index is 1.75. The Labute approximate surface area is 168 Å². The molecule has 2 amide bonds. The van der Waals surface area contributed by atoms with Crippen molar-refractivity contribution in [2.75, 3.05) is 23.4 Å². The van der Waals surface area contributed by atoms with Gasteiger partial charge in [-0.15, -0.1) is 0 Å². The molecule has 1 heterocycles. The highest BCUT2D eigenvalue weighted by molar-refractivity contribution is 6.06. The number of fused-ring (bicyclic) bond motifs is 1. The SMILES string of the molecule is CCOC(=O)c1ccc(NC(=O)CN(C(C)=O)c2cccc3cccnc23)cc1. The molecule has 3 aromatic rings. The Morgan fingerprint density at radius 3 is 2.45 bits per heavy atom. The van der Waals surface area contributed by atoms with E-state index >= 15 is 0 Å². The molecular formula is C22H21N3O4. The number of para-hydroxylation sites is 1. The first-order valence-electron chi connectivity index (χ1n) is 9.18. The molecule has 7 nitrogen and oxygen atoms in total. The van der Waals surface area contributed by atoms with Crippen molar-refractivity contribution in [2.24, 2.45) is 0 Å². The van der Waals surface area contributed by atoms with Gasteiger partial charge in [-0.3, -0.25) is 14.6 Å². The van der Waals surface area contributed by atoms with Gasteiger partial charge < -0.3 is 15.0 Å². The van der Waals surface area contributed by atoms with Gasteiger partial charge in [0.15, 0.2) is 0 Å². The van der Waals surface area contributed by atoms with Crippen molar-refractivity contribution in [1.29, 1.82) is 0 Å². The van der Waals surface area contributed by atoms with Crippen LogP contribution < -0.4 is 10.2 Å². The summed E-state index contributed by atoms with van der Waals surface area (Å²) in [6.07, 6.45) is 1.65. The van der Waals surface area contributed by atoms with Crippen LogP contribution in [-0.4, -0.2) is 35.9 Å². The van der Waals surface area contributed by atoms with E-state index in [9.17, 15) is 14.4 Å². The normalized spacial score (nSPS) is 10.4. The summed E-state index contributed by atoms with van der Waals surface area (Å²) in [5, 5.41) is 3.62. The van der Waals surface area contributed by atoms with Gasteiger partial charge in [-0.25, -0.2) is 4.79 Å². The maximum absolute atomic E-state index is 12.5. The molecule has 1 aromatic heterocycles. The number of hydrogen-bond acceptors (Lipinski definition) is 5. The molecule has 7 heteroatoms. The largest absolute Gasteiger partial charge is 0.462 e. The lowest BCUT2D eigenvalue weighted by Gasteiger charge is -2.22. The lowest BCUT2D eigenvalue weighted by Crippen LogP contribution is -2.36. The van der Waals surface area contributed by atoms with Crippen molar-refractivity contribution >= 4 is 40.1 Å². The van der Waals surface area contributed by atoms with Gasteiger partial charge in [0.2, 0.25) is 11.8 Å². The maximum Gasteiger partial charge on any atom is 0.338 e. The van der Waals surface area contributed by atoms with E-state index in [0.717, 1.165) is 5.39 Å². The van der Waals surface area contributed by atoms with E-state index < -0.39 is 5.97 Å². The molecule has 0 aliphatic heterocycles. The highest BCUT2D eigenvalue weighted by Crippen LogP contribution is 2.25. The highest BCUT2D eigenvalue weighted by Gasteiger charge is 2.19. The zero-order chi connectivity index (χ0) is 20.8. The summed E-state index contributed by atoms with van der Waals surface area (Å²) in [5.74, 6) is -1.05. The first-order valence-corrected chi connectivity index (χ1v) is 9.18. The summed E-state index contributed by atoms with van der Waals surface area (Å²) in [7, 11) is 0. The van der Waals surface area contributed by atoms with Gasteiger partial charge in [-0.2, -0.15) is 0 Å². The fourth-order valence-corrected chi connectivity index (χ4v) is 2.92. The van der Waals surface area contributed by atoms with Crippen molar-refractivity contribution in [3.63, 3.8) is 0 Å². The Kier molecular flexibility index (Phi) is 6.19. The first-order chi connectivity index (χ1) is 14.0. The van der Waals surface area contributed by atoms with E-state index in [1.807, 2.05) is 24.3 Å². The van der Waals surface area contributed by atoms with Crippen LogP contribution in [0.1, 0.15) is 24.2 Å². The number of esters is 1. The minimum Gasteiger partial charge on any atom is -0.462 e. The fourth-order valence-electron chi connectivity index (χ4n) is 2.92. The van der Waals surface area contributed by atoms with Crippen molar-refractivity contribution < 1.29 is 19.1 Å². The smallest absolute Gasteiger partial charge is 0.338 e. The van der Waals surface area contributed by atoms with E-state index in [4.69, 9.17) is 4.74 Å². The number of benzene rings is 2. The van der Waals surface area contributed by atoms with Crippen LogP contribution in [0.5, 0.6) is 0 Å². The number of rotatable bonds is 6. The second-order valence-corrected chi connectivity index (χ2v) is 6.30. The lowest BCUT2D eigenvalue weighted by atomic mass is 10.1. The summed E-state index contributed by atoms with van der Waals surface area (Å²) in [4.78, 5) is 42.2. The van der Waals surface area contributed by atoms with Crippen LogP contribution >= 0.6 is 0 Å². The van der Waals surface area contributed by atoms with Crippen LogP contribution in [0.3, 0.4) is 0 Å². The molecule has 0 atom stereocenters. The Morgan fingerprint density at radius 1 is 1.03 bits per heavy atom. The van der Waals surface area contributed by atoms with Crippen LogP contribution in [0, 0.1) is 0 Å². The Morgan fingerprint density at radius 2 is 1.76 bits per heavy atom. The molecule has 0 saturated carbocycles. The predicted molar refractivity (Wildman–Crippen MR) is 111 cm³/mol. The fraction of sp³-hybridized carbons (Fsp3) is 0.182. The van der Waals surface area contributed by atoms with Crippen molar-refractivity contribution in [3.05, 3.63) is 66.4 Å². The third-order valence-corrected chi connectivity index (χ3v) is 4.26. The number of carbonyl (C=O) groups is 3. The lowest BCUT2D eigenvalue weighted by molar-refractivity contribution is -0.120. The van der Waals surface area contributed by atoms with Gasteiger partial charge >= 0.3 is 5.97 Å². The van der Waals surface area contributed by atoms with E-state index in [2.05, 4.69) is 10.3 Å². The minimum absolute atomic E-state index is 0.162. The molecule has 0 aliphatic carbocycles. The molecule has 0 fully saturated rings. The minimum atomic E-state index is -0.420. The quantitative estimate of drug-likeness (QED) is 0.651. The summed E-state index contributed by atoms with van der Waals surface area (Å²) < 4.78 is 4.94. The van der Waals surface area contributed by atoms with Gasteiger partial charge in [0, 0.05) is 24.2 Å². The number of hydrogen-bond donors (Lipinski definition) is 1. The zero-order valence-corrected chi connectivity index (χ0v) is 16.2. The molecule has 0 spiro atoms. The molecule has 0 saturated heterocycles. The Bertz CT molecular complexity index is 1040. The van der Waals surface area contributed by atoms with Crippen LogP contribution in [0.25, 0.3) is 10.9 Å². The van der Waals surface area contributed by atoms with E-state index in [-0.39, 0.29) is 18.4 Å². The van der Waals surface area contributed by atoms with Crippen LogP contribution in [-0.2, 0) is 14.3 Å². The summed E-state index contributed by atoms with van der Waals surface area (Å²) >= 11 is 0. The number of aromatic nitrogens is 1. The summed E-state index contributed by atoms with van der Waals surface area (Å²) in [6, 6.07) is 15.6. The van der Waals surface area contributed by atoms with Crippen LogP contribution in [0.15, 0.2) is 60.8 Å². The third-order valence-electron chi connectivity index (χ3n) is 4.26. The molecule has 29 heavy (non-hydrogen) atoms. The molecule has 148 valence electrons. The first kappa shape index (κ1) is 20.0. The topological polar surface area (TPSA) is 88.6 Å². The maximum atomic E-state index is 12.5. The zero-order valence-electron chi connectivity index (χ0n) is 16.2. The van der Waals surface area contributed by atoms with Crippen LogP contribution in [0.4, 0.5) is 11.4 Å². The average Bonchev–Trinajstić information content (AvgIpc) is 2.72. The number of nitrogens with zero attached hydrogens (tertiary/aromatic N) is 2. The number of carbonyl (C=O) groups excluding carboxylic acids is 3. The second-order valence-electron chi connectivity index (χ2n) is 6.30. The average molecular weight is 391 g/mol. The molecule has 2 aromatic carbocycles. The summed E-state index contributed by atoms with van der Waals surface area (Å²) in [6.45, 7) is 3.27. The molecule has 0 unspecified atom stereocenters. The number of pyridine rings is 1. The van der Waals surface area contributed by atoms with Gasteiger partial charge in [0.05, 0.1) is 23.4 Å². The molecule has 0 radical (unpaired) electrons. The predicted octanol–water partition coefficient (Wildman–Crippen LogP) is 3.40. The third kappa shape index (κ3) is 4.76. The Hall–Kier alpha value is -3.74. The standard InChI is InChI=1S/C22H21N3O4/c1-3-29-22(28)17-9-11-18(12-10-17)24-20(27)14-25(15(2)26)19-8-4-6-16-7-5-13-23-21(16)19/h4-13H,3,14H2,1-2H3,(H,24,27). The summed E-state index contributed by atoms with van der Waals surface area (Å²) in [5.41, 5.74) is 2.14. The van der Waals surface area contributed by atoms with E-state index in [1.165, 1.54) is 11.8 Å². The van der Waals surface area contributed by atoms with Crippen molar-refractivity contribution in [1.82, 2.24) is 4.98 Å². The molecule has 0 bridgehead atoms. The van der Waals surface area contributed by atoms with Crippen LogP contribution in [0.2, 0.25) is 0 Å². The number of ether oxygens (including phenoxy) is 1. The van der Waals surface area contributed by atoms with Gasteiger partial charge in [-0.05, 0) is 43.3 Å². The number of nitrogens with one attached hydrogen (secondary N) is 1. The van der Waals surface area contributed by atoms with Gasteiger partial charge in [0.25, 0.3) is 0 Å². The monoisotopic (exact) mass is 391 g/mol. The highest BCUT2D eigenvalue weighted by atomic mass is 16.5. The molecule has 3 rings (SSSR count). The van der Waals surface area contributed by atoms with E-state index in [1.54, 1.807) is 43.5 Å². The number of anilines is 2. The molecule has 0 aliphatic rings. The van der Waals surface area contributed by atoms with Crippen molar-refractivity contribution in [3.8, 4) is 0 Å². The molecule has 1 N–H and O–H groups in total. The van der Waals surface area contributed by atoms with Gasteiger partial charge in [-0.1, -0.05) is 18.2 Å². The second kappa shape index (κ2) is 8.97.